The van der Waals surface area contributed by atoms with Crippen molar-refractivity contribution in [1.82, 2.24) is 0 Å². The number of aryl methyl sites for hydroxylation is 1. The van der Waals surface area contributed by atoms with Gasteiger partial charge in [-0.2, -0.15) is 0 Å². The molecule has 1 unspecified atom stereocenters. The summed E-state index contributed by atoms with van der Waals surface area (Å²) >= 11 is 3.48. The molecule has 0 bridgehead atoms. The minimum absolute atomic E-state index is 0.0937. The zero-order chi connectivity index (χ0) is 11.6. The number of rotatable bonds is 3. The van der Waals surface area contributed by atoms with E-state index in [-0.39, 0.29) is 12.5 Å². The second-order valence-electron chi connectivity index (χ2n) is 3.83. The van der Waals surface area contributed by atoms with Gasteiger partial charge < -0.3 is 9.84 Å². The molecule has 1 atom stereocenters. The zero-order valence-corrected chi connectivity index (χ0v) is 11.2. The van der Waals surface area contributed by atoms with Crippen molar-refractivity contribution in [2.45, 2.75) is 26.7 Å². The van der Waals surface area contributed by atoms with Crippen molar-refractivity contribution in [1.29, 1.82) is 0 Å². The van der Waals surface area contributed by atoms with Crippen molar-refractivity contribution >= 4 is 15.9 Å². The van der Waals surface area contributed by atoms with Crippen molar-refractivity contribution in [3.05, 3.63) is 27.2 Å². The molecule has 1 N–H and O–H groups in total. The van der Waals surface area contributed by atoms with E-state index < -0.39 is 0 Å². The highest BCUT2D eigenvalue weighted by Crippen LogP contribution is 2.37. The SMILES string of the molecule is COc1c(Br)cc(C)c(C)c1C(C)CO. The Bertz CT molecular complexity index is 361. The van der Waals surface area contributed by atoms with E-state index in [0.29, 0.717) is 0 Å². The van der Waals surface area contributed by atoms with Crippen LogP contribution in [0.25, 0.3) is 0 Å². The summed E-state index contributed by atoms with van der Waals surface area (Å²) < 4.78 is 6.32. The maximum absolute atomic E-state index is 9.24. The standard InChI is InChI=1S/C12H17BrO2/c1-7-5-10(13)12(15-4)11(9(7)3)8(2)6-14/h5,8,14H,6H2,1-4H3. The monoisotopic (exact) mass is 272 g/mol. The van der Waals surface area contributed by atoms with Gasteiger partial charge in [0.1, 0.15) is 5.75 Å². The lowest BCUT2D eigenvalue weighted by Gasteiger charge is -2.19. The first-order valence-electron chi connectivity index (χ1n) is 4.97. The van der Waals surface area contributed by atoms with Gasteiger partial charge in [0.25, 0.3) is 0 Å². The van der Waals surface area contributed by atoms with Crippen LogP contribution < -0.4 is 4.74 Å². The lowest BCUT2D eigenvalue weighted by molar-refractivity contribution is 0.269. The molecule has 0 radical (unpaired) electrons. The molecular weight excluding hydrogens is 256 g/mol. The summed E-state index contributed by atoms with van der Waals surface area (Å²) in [7, 11) is 1.66. The van der Waals surface area contributed by atoms with Gasteiger partial charge in [-0.1, -0.05) is 6.92 Å². The fourth-order valence-electron chi connectivity index (χ4n) is 1.77. The zero-order valence-electron chi connectivity index (χ0n) is 9.60. The van der Waals surface area contributed by atoms with Crippen LogP contribution in [-0.4, -0.2) is 18.8 Å². The maximum Gasteiger partial charge on any atom is 0.136 e. The molecule has 0 saturated heterocycles. The van der Waals surface area contributed by atoms with Crippen molar-refractivity contribution in [3.8, 4) is 5.75 Å². The van der Waals surface area contributed by atoms with E-state index in [1.807, 2.05) is 13.0 Å². The van der Waals surface area contributed by atoms with Crippen LogP contribution in [0, 0.1) is 13.8 Å². The second-order valence-corrected chi connectivity index (χ2v) is 4.69. The number of hydrogen-bond acceptors (Lipinski definition) is 2. The molecule has 84 valence electrons. The Hall–Kier alpha value is -0.540. The third-order valence-electron chi connectivity index (χ3n) is 2.77. The molecule has 0 fully saturated rings. The highest BCUT2D eigenvalue weighted by Gasteiger charge is 2.17. The molecule has 0 heterocycles. The molecular formula is C12H17BrO2. The number of halogens is 1. The fraction of sp³-hybridized carbons (Fsp3) is 0.500. The molecule has 0 saturated carbocycles. The summed E-state index contributed by atoms with van der Waals surface area (Å²) in [4.78, 5) is 0. The molecule has 2 nitrogen and oxygen atoms in total. The number of benzene rings is 1. The Kier molecular flexibility index (Phi) is 4.17. The van der Waals surface area contributed by atoms with Crippen molar-refractivity contribution in [2.24, 2.45) is 0 Å². The molecule has 0 aliphatic carbocycles. The number of methoxy groups -OCH3 is 1. The minimum atomic E-state index is 0.0937. The normalized spacial score (nSPS) is 12.7. The van der Waals surface area contributed by atoms with E-state index in [1.54, 1.807) is 7.11 Å². The van der Waals surface area contributed by atoms with E-state index >= 15 is 0 Å². The first-order chi connectivity index (χ1) is 7.02. The Balaban J connectivity index is 3.43. The van der Waals surface area contributed by atoms with E-state index in [4.69, 9.17) is 4.74 Å². The number of hydrogen-bond donors (Lipinski definition) is 1. The minimum Gasteiger partial charge on any atom is -0.495 e. The van der Waals surface area contributed by atoms with Crippen molar-refractivity contribution < 1.29 is 9.84 Å². The topological polar surface area (TPSA) is 29.5 Å². The first kappa shape index (κ1) is 12.5. The van der Waals surface area contributed by atoms with Crippen LogP contribution in [0.1, 0.15) is 29.5 Å². The van der Waals surface area contributed by atoms with E-state index in [1.165, 1.54) is 11.1 Å². The Morgan fingerprint density at radius 2 is 2.07 bits per heavy atom. The van der Waals surface area contributed by atoms with Gasteiger partial charge in [0.2, 0.25) is 0 Å². The molecule has 0 aliphatic rings. The summed E-state index contributed by atoms with van der Waals surface area (Å²) in [5, 5.41) is 9.24. The molecule has 1 aromatic carbocycles. The number of aliphatic hydroxyl groups is 1. The highest BCUT2D eigenvalue weighted by atomic mass is 79.9. The molecule has 3 heteroatoms. The summed E-state index contributed by atoms with van der Waals surface area (Å²) in [5.74, 6) is 0.927. The van der Waals surface area contributed by atoms with Gasteiger partial charge in [0.05, 0.1) is 11.6 Å². The number of aliphatic hydroxyl groups excluding tert-OH is 1. The van der Waals surface area contributed by atoms with Gasteiger partial charge >= 0.3 is 0 Å². The summed E-state index contributed by atoms with van der Waals surface area (Å²) in [6.45, 7) is 6.25. The number of ether oxygens (including phenoxy) is 1. The van der Waals surface area contributed by atoms with Gasteiger partial charge in [-0.25, -0.2) is 0 Å². The van der Waals surface area contributed by atoms with Gasteiger partial charge in [0.15, 0.2) is 0 Å². The van der Waals surface area contributed by atoms with E-state index in [9.17, 15) is 5.11 Å². The average Bonchev–Trinajstić information content (AvgIpc) is 2.21. The summed E-state index contributed by atoms with van der Waals surface area (Å²) in [5.41, 5.74) is 3.49. The lowest BCUT2D eigenvalue weighted by atomic mass is 9.93. The van der Waals surface area contributed by atoms with Crippen LogP contribution in [0.2, 0.25) is 0 Å². The molecule has 0 amide bonds. The molecule has 1 rings (SSSR count). The smallest absolute Gasteiger partial charge is 0.136 e. The Morgan fingerprint density at radius 1 is 1.47 bits per heavy atom. The van der Waals surface area contributed by atoms with E-state index in [2.05, 4.69) is 29.8 Å². The van der Waals surface area contributed by atoms with Gasteiger partial charge in [-0.3, -0.25) is 0 Å². The Labute approximate surface area is 99.4 Å². The highest BCUT2D eigenvalue weighted by molar-refractivity contribution is 9.10. The van der Waals surface area contributed by atoms with Crippen LogP contribution >= 0.6 is 15.9 Å². The van der Waals surface area contributed by atoms with Gasteiger partial charge in [-0.15, -0.1) is 0 Å². The third-order valence-corrected chi connectivity index (χ3v) is 3.36. The fourth-order valence-corrected chi connectivity index (χ4v) is 2.49. The molecule has 0 aliphatic heterocycles. The van der Waals surface area contributed by atoms with Crippen LogP contribution in [0.3, 0.4) is 0 Å². The average molecular weight is 273 g/mol. The van der Waals surface area contributed by atoms with Crippen molar-refractivity contribution in [3.63, 3.8) is 0 Å². The van der Waals surface area contributed by atoms with Gasteiger partial charge in [0, 0.05) is 18.1 Å². The Morgan fingerprint density at radius 3 is 2.53 bits per heavy atom. The second kappa shape index (κ2) is 4.99. The maximum atomic E-state index is 9.24. The third kappa shape index (κ3) is 2.34. The van der Waals surface area contributed by atoms with E-state index in [0.717, 1.165) is 15.8 Å². The molecule has 1 aromatic rings. The van der Waals surface area contributed by atoms with Crippen LogP contribution in [0.15, 0.2) is 10.5 Å². The molecule has 15 heavy (non-hydrogen) atoms. The quantitative estimate of drug-likeness (QED) is 0.916. The predicted molar refractivity (Wildman–Crippen MR) is 65.7 cm³/mol. The molecule has 0 aromatic heterocycles. The van der Waals surface area contributed by atoms with Crippen LogP contribution in [-0.2, 0) is 0 Å². The van der Waals surface area contributed by atoms with Crippen molar-refractivity contribution in [2.75, 3.05) is 13.7 Å². The first-order valence-corrected chi connectivity index (χ1v) is 5.76. The largest absolute Gasteiger partial charge is 0.495 e. The van der Waals surface area contributed by atoms with Crippen LogP contribution in [0.5, 0.6) is 5.75 Å². The lowest BCUT2D eigenvalue weighted by Crippen LogP contribution is -2.06. The molecule has 0 spiro atoms. The summed E-state index contributed by atoms with van der Waals surface area (Å²) in [6.07, 6.45) is 0. The van der Waals surface area contributed by atoms with Gasteiger partial charge in [-0.05, 0) is 47.0 Å². The van der Waals surface area contributed by atoms with Crippen LogP contribution in [0.4, 0.5) is 0 Å². The summed E-state index contributed by atoms with van der Waals surface area (Å²) in [6, 6.07) is 2.04. The predicted octanol–water partition coefficient (Wildman–Crippen LogP) is 3.17.